The summed E-state index contributed by atoms with van der Waals surface area (Å²) >= 11 is 0. The molecule has 4 heterocycles. The molecule has 0 unspecified atom stereocenters. The molecular formula is C24H29N3O2. The molecule has 2 saturated heterocycles. The lowest BCUT2D eigenvalue weighted by Crippen LogP contribution is -2.51. The first-order valence-electron chi connectivity index (χ1n) is 10.9. The van der Waals surface area contributed by atoms with Gasteiger partial charge >= 0.3 is 0 Å². The number of ether oxygens (including phenoxy) is 1. The third-order valence-electron chi connectivity index (χ3n) is 6.66. The number of carbonyl (C=O) groups is 1. The standard InChI is InChI=1S/C24H29N3O2/c1-17-5-8-23(25-15-17)26-10-11-27-21(16-26)14-20(24(27)28)4-2-3-18-6-7-22-19(13-18)9-12-29-22/h5-8,13,15,20-21H,2-4,9-12,14,16H2,1H3/t20-,21-/m0/s1. The van der Waals surface area contributed by atoms with Crippen LogP contribution in [0.1, 0.15) is 36.0 Å². The van der Waals surface area contributed by atoms with Crippen LogP contribution in [0.4, 0.5) is 5.82 Å². The van der Waals surface area contributed by atoms with Gasteiger partial charge in [-0.15, -0.1) is 0 Å². The van der Waals surface area contributed by atoms with E-state index in [1.54, 1.807) is 0 Å². The molecule has 0 bridgehead atoms. The van der Waals surface area contributed by atoms with Gasteiger partial charge in [0, 0.05) is 38.2 Å². The van der Waals surface area contributed by atoms with Gasteiger partial charge in [0.1, 0.15) is 11.6 Å². The van der Waals surface area contributed by atoms with Crippen molar-refractivity contribution in [3.8, 4) is 5.75 Å². The van der Waals surface area contributed by atoms with Gasteiger partial charge in [-0.2, -0.15) is 0 Å². The Morgan fingerprint density at radius 3 is 3.00 bits per heavy atom. The minimum Gasteiger partial charge on any atom is -0.493 e. The fourth-order valence-electron chi connectivity index (χ4n) is 5.06. The van der Waals surface area contributed by atoms with Crippen LogP contribution in [0.3, 0.4) is 0 Å². The predicted octanol–water partition coefficient (Wildman–Crippen LogP) is 3.38. The van der Waals surface area contributed by atoms with Gasteiger partial charge in [0.2, 0.25) is 5.91 Å². The first-order valence-corrected chi connectivity index (χ1v) is 10.9. The van der Waals surface area contributed by atoms with Crippen LogP contribution in [-0.4, -0.2) is 48.1 Å². The molecule has 5 rings (SSSR count). The highest BCUT2D eigenvalue weighted by atomic mass is 16.5. The zero-order valence-electron chi connectivity index (χ0n) is 17.1. The van der Waals surface area contributed by atoms with Crippen LogP contribution in [0.25, 0.3) is 0 Å². The van der Waals surface area contributed by atoms with Gasteiger partial charge < -0.3 is 14.5 Å². The number of piperazine rings is 1. The maximum atomic E-state index is 12.9. The molecule has 3 aliphatic rings. The van der Waals surface area contributed by atoms with E-state index in [-0.39, 0.29) is 5.92 Å². The predicted molar refractivity (Wildman–Crippen MR) is 113 cm³/mol. The number of carbonyl (C=O) groups excluding carboxylic acids is 1. The Morgan fingerprint density at radius 2 is 2.14 bits per heavy atom. The monoisotopic (exact) mass is 391 g/mol. The molecule has 2 fully saturated rings. The number of aromatic nitrogens is 1. The molecule has 3 aliphatic heterocycles. The molecule has 0 aliphatic carbocycles. The van der Waals surface area contributed by atoms with Crippen molar-refractivity contribution in [1.29, 1.82) is 0 Å². The molecule has 29 heavy (non-hydrogen) atoms. The van der Waals surface area contributed by atoms with Gasteiger partial charge in [0.25, 0.3) is 0 Å². The first kappa shape index (κ1) is 18.5. The summed E-state index contributed by atoms with van der Waals surface area (Å²) in [6.45, 7) is 5.47. The van der Waals surface area contributed by atoms with Crippen LogP contribution in [0.5, 0.6) is 5.75 Å². The molecule has 2 atom stereocenters. The number of benzene rings is 1. The fourth-order valence-corrected chi connectivity index (χ4v) is 5.06. The quantitative estimate of drug-likeness (QED) is 0.784. The lowest BCUT2D eigenvalue weighted by atomic mass is 9.95. The van der Waals surface area contributed by atoms with Crippen LogP contribution in [0, 0.1) is 12.8 Å². The van der Waals surface area contributed by atoms with E-state index in [4.69, 9.17) is 4.74 Å². The van der Waals surface area contributed by atoms with E-state index < -0.39 is 0 Å². The van der Waals surface area contributed by atoms with Gasteiger partial charge in [-0.05, 0) is 61.4 Å². The SMILES string of the molecule is Cc1ccc(N2CCN3C(=O)[C@@H](CCCc4ccc5c(c4)CCO5)C[C@H]3C2)nc1. The summed E-state index contributed by atoms with van der Waals surface area (Å²) in [7, 11) is 0. The van der Waals surface area contributed by atoms with E-state index in [9.17, 15) is 4.79 Å². The second-order valence-electron chi connectivity index (χ2n) is 8.69. The minimum atomic E-state index is 0.184. The average Bonchev–Trinajstić information content (AvgIpc) is 3.32. The second-order valence-corrected chi connectivity index (χ2v) is 8.69. The van der Waals surface area contributed by atoms with Crippen molar-refractivity contribution in [1.82, 2.24) is 9.88 Å². The molecule has 1 aromatic heterocycles. The summed E-state index contributed by atoms with van der Waals surface area (Å²) in [5.74, 6) is 2.63. The number of rotatable bonds is 5. The summed E-state index contributed by atoms with van der Waals surface area (Å²) in [4.78, 5) is 21.9. The maximum absolute atomic E-state index is 12.9. The van der Waals surface area contributed by atoms with Crippen LogP contribution < -0.4 is 9.64 Å². The van der Waals surface area contributed by atoms with Crippen molar-refractivity contribution >= 4 is 11.7 Å². The molecule has 1 aromatic carbocycles. The van der Waals surface area contributed by atoms with E-state index >= 15 is 0 Å². The minimum absolute atomic E-state index is 0.184. The fraction of sp³-hybridized carbons (Fsp3) is 0.500. The smallest absolute Gasteiger partial charge is 0.226 e. The Bertz CT molecular complexity index is 895. The van der Waals surface area contributed by atoms with E-state index in [2.05, 4.69) is 52.0 Å². The Hall–Kier alpha value is -2.56. The van der Waals surface area contributed by atoms with Gasteiger partial charge in [-0.1, -0.05) is 18.2 Å². The Balaban J connectivity index is 1.16. The van der Waals surface area contributed by atoms with Gasteiger partial charge in [-0.3, -0.25) is 4.79 Å². The van der Waals surface area contributed by atoms with Crippen molar-refractivity contribution in [3.63, 3.8) is 0 Å². The lowest BCUT2D eigenvalue weighted by molar-refractivity contribution is -0.132. The van der Waals surface area contributed by atoms with Crippen LogP contribution in [0.15, 0.2) is 36.5 Å². The van der Waals surface area contributed by atoms with E-state index in [1.807, 2.05) is 6.20 Å². The van der Waals surface area contributed by atoms with Crippen LogP contribution >= 0.6 is 0 Å². The molecule has 1 amide bonds. The zero-order valence-corrected chi connectivity index (χ0v) is 17.1. The number of anilines is 1. The molecular weight excluding hydrogens is 362 g/mol. The summed E-state index contributed by atoms with van der Waals surface area (Å²) in [5, 5.41) is 0. The van der Waals surface area contributed by atoms with E-state index in [1.165, 1.54) is 16.7 Å². The number of hydrogen-bond acceptors (Lipinski definition) is 4. The Labute approximate surface area is 172 Å². The van der Waals surface area contributed by atoms with Crippen LogP contribution in [0.2, 0.25) is 0 Å². The van der Waals surface area contributed by atoms with E-state index in [0.717, 1.165) is 69.9 Å². The van der Waals surface area contributed by atoms with Crippen molar-refractivity contribution in [2.45, 2.75) is 45.1 Å². The van der Waals surface area contributed by atoms with Gasteiger partial charge in [0.15, 0.2) is 0 Å². The number of pyridine rings is 1. The molecule has 152 valence electrons. The maximum Gasteiger partial charge on any atom is 0.226 e. The summed E-state index contributed by atoms with van der Waals surface area (Å²) in [5.41, 5.74) is 3.88. The third-order valence-corrected chi connectivity index (χ3v) is 6.66. The third kappa shape index (κ3) is 3.70. The molecule has 5 heteroatoms. The lowest BCUT2D eigenvalue weighted by Gasteiger charge is -2.38. The van der Waals surface area contributed by atoms with Crippen molar-refractivity contribution in [3.05, 3.63) is 53.2 Å². The molecule has 0 N–H and O–H groups in total. The highest BCUT2D eigenvalue weighted by Crippen LogP contribution is 2.33. The summed E-state index contributed by atoms with van der Waals surface area (Å²) in [6, 6.07) is 11.1. The normalized spacial score (nSPS) is 23.1. The molecule has 5 nitrogen and oxygen atoms in total. The first-order chi connectivity index (χ1) is 14.2. The number of aryl methyl sites for hydroxylation is 2. The average molecular weight is 392 g/mol. The summed E-state index contributed by atoms with van der Waals surface area (Å²) in [6.07, 6.45) is 7.03. The number of amides is 1. The van der Waals surface area contributed by atoms with E-state index in [0.29, 0.717) is 11.9 Å². The second kappa shape index (κ2) is 7.69. The largest absolute Gasteiger partial charge is 0.493 e. The molecule has 0 spiro atoms. The molecule has 2 aromatic rings. The summed E-state index contributed by atoms with van der Waals surface area (Å²) < 4.78 is 5.60. The van der Waals surface area contributed by atoms with Gasteiger partial charge in [-0.25, -0.2) is 4.98 Å². The Kier molecular flexibility index (Phi) is 4.90. The van der Waals surface area contributed by atoms with Gasteiger partial charge in [0.05, 0.1) is 12.6 Å². The number of fused-ring (bicyclic) bond motifs is 2. The number of nitrogens with zero attached hydrogens (tertiary/aromatic N) is 3. The van der Waals surface area contributed by atoms with Crippen molar-refractivity contribution < 1.29 is 9.53 Å². The number of hydrogen-bond donors (Lipinski definition) is 0. The topological polar surface area (TPSA) is 45.7 Å². The highest BCUT2D eigenvalue weighted by molar-refractivity contribution is 5.82. The van der Waals surface area contributed by atoms with Crippen molar-refractivity contribution in [2.24, 2.45) is 5.92 Å². The highest BCUT2D eigenvalue weighted by Gasteiger charge is 2.42. The Morgan fingerprint density at radius 1 is 1.21 bits per heavy atom. The molecule has 0 saturated carbocycles. The van der Waals surface area contributed by atoms with Crippen molar-refractivity contribution in [2.75, 3.05) is 31.1 Å². The van der Waals surface area contributed by atoms with Crippen LogP contribution in [-0.2, 0) is 17.6 Å². The molecule has 0 radical (unpaired) electrons. The zero-order chi connectivity index (χ0) is 19.8.